The third-order valence-electron chi connectivity index (χ3n) is 3.55. The van der Waals surface area contributed by atoms with Gasteiger partial charge in [-0.25, -0.2) is 4.98 Å². The molecule has 0 bridgehead atoms. The molecule has 0 fully saturated rings. The monoisotopic (exact) mass is 340 g/mol. The van der Waals surface area contributed by atoms with Crippen molar-refractivity contribution in [2.75, 3.05) is 6.61 Å². The first-order chi connectivity index (χ1) is 12.2. The second kappa shape index (κ2) is 10.3. The van der Waals surface area contributed by atoms with Crippen molar-refractivity contribution in [1.29, 1.82) is 0 Å². The van der Waals surface area contributed by atoms with Crippen molar-refractivity contribution in [3.05, 3.63) is 72.4 Å². The van der Waals surface area contributed by atoms with E-state index in [0.717, 1.165) is 17.5 Å². The molecule has 1 aromatic carbocycles. The fourth-order valence-corrected chi connectivity index (χ4v) is 2.11. The summed E-state index contributed by atoms with van der Waals surface area (Å²) in [4.78, 5) is 16.2. The second-order valence-corrected chi connectivity index (χ2v) is 5.58. The Morgan fingerprint density at radius 2 is 2.08 bits per heavy atom. The van der Waals surface area contributed by atoms with Crippen LogP contribution < -0.4 is 10.1 Å². The first kappa shape index (κ1) is 18.7. The van der Waals surface area contributed by atoms with Crippen LogP contribution in [-0.2, 0) is 22.7 Å². The van der Waals surface area contributed by atoms with Gasteiger partial charge in [0.2, 0.25) is 11.8 Å². The van der Waals surface area contributed by atoms with Crippen LogP contribution in [0.15, 0.2) is 61.3 Å². The lowest BCUT2D eigenvalue weighted by molar-refractivity contribution is -0.131. The maximum Gasteiger partial charge on any atom is 0.249 e. The van der Waals surface area contributed by atoms with Gasteiger partial charge < -0.3 is 14.8 Å². The molecule has 1 heterocycles. The van der Waals surface area contributed by atoms with E-state index in [9.17, 15) is 4.79 Å². The van der Waals surface area contributed by atoms with E-state index in [1.54, 1.807) is 19.2 Å². The summed E-state index contributed by atoms with van der Waals surface area (Å²) in [5, 5.41) is 2.85. The number of ether oxygens (including phenoxy) is 2. The number of nitrogens with zero attached hydrogens (tertiary/aromatic N) is 1. The summed E-state index contributed by atoms with van der Waals surface area (Å²) in [6.07, 6.45) is 3.67. The maximum absolute atomic E-state index is 12.0. The number of aromatic nitrogens is 1. The number of amides is 1. The fraction of sp³-hybridized carbons (Fsp3) is 0.300. The summed E-state index contributed by atoms with van der Waals surface area (Å²) in [5.74, 6) is 0.388. The van der Waals surface area contributed by atoms with E-state index in [1.807, 2.05) is 42.5 Å². The van der Waals surface area contributed by atoms with Gasteiger partial charge in [0, 0.05) is 18.8 Å². The van der Waals surface area contributed by atoms with Crippen LogP contribution in [0, 0.1) is 0 Å². The van der Waals surface area contributed by atoms with Crippen LogP contribution in [0.1, 0.15) is 24.5 Å². The molecular formula is C20H24N2O3. The van der Waals surface area contributed by atoms with Crippen LogP contribution in [0.5, 0.6) is 5.88 Å². The summed E-state index contributed by atoms with van der Waals surface area (Å²) in [5.41, 5.74) is 2.00. The van der Waals surface area contributed by atoms with Crippen molar-refractivity contribution < 1.29 is 14.3 Å². The lowest BCUT2D eigenvalue weighted by atomic mass is 10.2. The van der Waals surface area contributed by atoms with E-state index in [2.05, 4.69) is 16.9 Å². The van der Waals surface area contributed by atoms with Crippen molar-refractivity contribution in [2.45, 2.75) is 32.6 Å². The molecule has 0 aliphatic rings. The summed E-state index contributed by atoms with van der Waals surface area (Å²) < 4.78 is 11.1. The quantitative estimate of drug-likeness (QED) is 0.533. The molecular weight excluding hydrogens is 316 g/mol. The van der Waals surface area contributed by atoms with Crippen LogP contribution in [-0.4, -0.2) is 23.6 Å². The number of hydrogen-bond acceptors (Lipinski definition) is 4. The highest BCUT2D eigenvalue weighted by molar-refractivity contribution is 5.80. The Kier molecular flexibility index (Phi) is 7.66. The van der Waals surface area contributed by atoms with Gasteiger partial charge in [0.25, 0.3) is 0 Å². The highest BCUT2D eigenvalue weighted by atomic mass is 16.5. The predicted molar refractivity (Wildman–Crippen MR) is 97.1 cm³/mol. The molecule has 1 amide bonds. The van der Waals surface area contributed by atoms with Crippen LogP contribution in [0.3, 0.4) is 0 Å². The van der Waals surface area contributed by atoms with Gasteiger partial charge in [-0.1, -0.05) is 36.4 Å². The second-order valence-electron chi connectivity index (χ2n) is 5.58. The Hall–Kier alpha value is -2.66. The molecule has 5 heteroatoms. The lowest BCUT2D eigenvalue weighted by Crippen LogP contribution is -2.34. The van der Waals surface area contributed by atoms with Crippen LogP contribution >= 0.6 is 0 Å². The molecule has 132 valence electrons. The number of carbonyl (C=O) groups is 1. The zero-order valence-electron chi connectivity index (χ0n) is 14.5. The molecule has 0 unspecified atom stereocenters. The van der Waals surface area contributed by atoms with Crippen molar-refractivity contribution in [1.82, 2.24) is 10.3 Å². The normalized spacial score (nSPS) is 11.6. The van der Waals surface area contributed by atoms with Gasteiger partial charge in [-0.3, -0.25) is 4.79 Å². The number of benzene rings is 1. The molecule has 5 nitrogen and oxygen atoms in total. The molecule has 0 spiro atoms. The van der Waals surface area contributed by atoms with E-state index in [1.165, 1.54) is 0 Å². The van der Waals surface area contributed by atoms with Gasteiger partial charge in [0.05, 0.1) is 6.61 Å². The number of hydrogen-bond donors (Lipinski definition) is 1. The SMILES string of the molecule is C=CCCO[C@@H](C)C(=O)NCc1ccnc(OCc2ccccc2)c1. The first-order valence-electron chi connectivity index (χ1n) is 8.31. The van der Waals surface area contributed by atoms with Crippen molar-refractivity contribution in [2.24, 2.45) is 0 Å². The minimum absolute atomic E-state index is 0.146. The summed E-state index contributed by atoms with van der Waals surface area (Å²) in [6, 6.07) is 13.6. The Morgan fingerprint density at radius 3 is 2.84 bits per heavy atom. The average molecular weight is 340 g/mol. The van der Waals surface area contributed by atoms with Crippen LogP contribution in [0.2, 0.25) is 0 Å². The van der Waals surface area contributed by atoms with Crippen LogP contribution in [0.4, 0.5) is 0 Å². The Morgan fingerprint density at radius 1 is 1.28 bits per heavy atom. The predicted octanol–water partition coefficient (Wildman–Crippen LogP) is 3.26. The Balaban J connectivity index is 1.80. The smallest absolute Gasteiger partial charge is 0.249 e. The summed E-state index contributed by atoms with van der Waals surface area (Å²) in [7, 11) is 0. The van der Waals surface area contributed by atoms with Crippen molar-refractivity contribution >= 4 is 5.91 Å². The number of nitrogens with one attached hydrogen (secondary N) is 1. The molecule has 0 aliphatic heterocycles. The van der Waals surface area contributed by atoms with Gasteiger partial charge in [0.15, 0.2) is 0 Å². The molecule has 0 saturated heterocycles. The summed E-state index contributed by atoms with van der Waals surface area (Å²) in [6.45, 7) is 6.71. The maximum atomic E-state index is 12.0. The molecule has 25 heavy (non-hydrogen) atoms. The van der Waals surface area contributed by atoms with Crippen LogP contribution in [0.25, 0.3) is 0 Å². The van der Waals surface area contributed by atoms with Crippen molar-refractivity contribution in [3.63, 3.8) is 0 Å². The topological polar surface area (TPSA) is 60.5 Å². The highest BCUT2D eigenvalue weighted by Gasteiger charge is 2.12. The van der Waals surface area contributed by atoms with E-state index in [0.29, 0.717) is 25.6 Å². The highest BCUT2D eigenvalue weighted by Crippen LogP contribution is 2.12. The third-order valence-corrected chi connectivity index (χ3v) is 3.55. The van der Waals surface area contributed by atoms with Gasteiger partial charge in [0.1, 0.15) is 12.7 Å². The molecule has 1 atom stereocenters. The molecule has 0 radical (unpaired) electrons. The number of carbonyl (C=O) groups excluding carboxylic acids is 1. The average Bonchev–Trinajstić information content (AvgIpc) is 2.65. The minimum atomic E-state index is -0.490. The number of pyridine rings is 1. The van der Waals surface area contributed by atoms with E-state index in [4.69, 9.17) is 9.47 Å². The fourth-order valence-electron chi connectivity index (χ4n) is 2.11. The third kappa shape index (κ3) is 6.77. The van der Waals surface area contributed by atoms with Gasteiger partial charge >= 0.3 is 0 Å². The molecule has 2 aromatic rings. The van der Waals surface area contributed by atoms with Crippen molar-refractivity contribution in [3.8, 4) is 5.88 Å². The van der Waals surface area contributed by atoms with E-state index < -0.39 is 6.10 Å². The lowest BCUT2D eigenvalue weighted by Gasteiger charge is -2.13. The molecule has 1 N–H and O–H groups in total. The minimum Gasteiger partial charge on any atom is -0.473 e. The van der Waals surface area contributed by atoms with E-state index >= 15 is 0 Å². The van der Waals surface area contributed by atoms with E-state index in [-0.39, 0.29) is 5.91 Å². The van der Waals surface area contributed by atoms with Gasteiger partial charge in [-0.15, -0.1) is 6.58 Å². The van der Waals surface area contributed by atoms with Gasteiger partial charge in [-0.05, 0) is 30.5 Å². The Labute approximate surface area is 148 Å². The zero-order chi connectivity index (χ0) is 17.9. The number of rotatable bonds is 10. The van der Waals surface area contributed by atoms with Gasteiger partial charge in [-0.2, -0.15) is 0 Å². The zero-order valence-corrected chi connectivity index (χ0v) is 14.5. The molecule has 0 saturated carbocycles. The molecule has 2 rings (SSSR count). The molecule has 1 aromatic heterocycles. The largest absolute Gasteiger partial charge is 0.473 e. The first-order valence-corrected chi connectivity index (χ1v) is 8.31. The molecule has 0 aliphatic carbocycles. The summed E-state index contributed by atoms with van der Waals surface area (Å²) >= 11 is 0. The Bertz CT molecular complexity index is 674. The standard InChI is InChI=1S/C20H24N2O3/c1-3-4-12-24-16(2)20(23)22-14-18-10-11-21-19(13-18)25-15-17-8-6-5-7-9-17/h3,5-11,13,16H,1,4,12,14-15H2,2H3,(H,22,23)/t16-/m0/s1.